The second kappa shape index (κ2) is 6.26. The van der Waals surface area contributed by atoms with Crippen molar-refractivity contribution in [2.75, 3.05) is 12.4 Å². The number of aliphatic hydroxyl groups is 2. The summed E-state index contributed by atoms with van der Waals surface area (Å²) in [5.41, 5.74) is 5.66. The smallest absolute Gasteiger partial charge is 0.191 e. The zero-order valence-corrected chi connectivity index (χ0v) is 9.13. The summed E-state index contributed by atoms with van der Waals surface area (Å²) >= 11 is 1.17. The van der Waals surface area contributed by atoms with Gasteiger partial charge in [0.05, 0.1) is 12.7 Å². The van der Waals surface area contributed by atoms with Crippen molar-refractivity contribution in [2.45, 2.75) is 11.1 Å². The number of hydrogen-bond acceptors (Lipinski definition) is 7. The molecular formula is C8H12N4O3S. The van der Waals surface area contributed by atoms with Gasteiger partial charge in [-0.15, -0.1) is 11.8 Å². The van der Waals surface area contributed by atoms with Crippen LogP contribution in [0, 0.1) is 0 Å². The maximum atomic E-state index is 9.18. The van der Waals surface area contributed by atoms with Crippen molar-refractivity contribution in [3.63, 3.8) is 0 Å². The Morgan fingerprint density at radius 3 is 2.81 bits per heavy atom. The Morgan fingerprint density at radius 2 is 2.19 bits per heavy atom. The molecule has 0 saturated heterocycles. The Morgan fingerprint density at radius 1 is 1.50 bits per heavy atom. The number of hydrogen-bond donors (Lipinski definition) is 4. The summed E-state index contributed by atoms with van der Waals surface area (Å²) in [6, 6.07) is 0. The number of rotatable bonds is 5. The van der Waals surface area contributed by atoms with Crippen molar-refractivity contribution < 1.29 is 15.4 Å². The van der Waals surface area contributed by atoms with E-state index >= 15 is 0 Å². The molecule has 7 nitrogen and oxygen atoms in total. The van der Waals surface area contributed by atoms with E-state index in [1.54, 1.807) is 0 Å². The van der Waals surface area contributed by atoms with Crippen LogP contribution in [0.1, 0.15) is 5.69 Å². The third-order valence-corrected chi connectivity index (χ3v) is 2.76. The van der Waals surface area contributed by atoms with E-state index < -0.39 is 6.10 Å². The fourth-order valence-corrected chi connectivity index (χ4v) is 1.77. The van der Waals surface area contributed by atoms with Crippen molar-refractivity contribution in [3.8, 4) is 0 Å². The van der Waals surface area contributed by atoms with Crippen LogP contribution >= 0.6 is 11.8 Å². The molecule has 16 heavy (non-hydrogen) atoms. The number of nitrogens with zero attached hydrogens (tertiary/aromatic N) is 3. The van der Waals surface area contributed by atoms with E-state index in [4.69, 9.17) is 16.0 Å². The Bertz CT molecular complexity index is 374. The minimum absolute atomic E-state index is 0.144. The van der Waals surface area contributed by atoms with E-state index in [9.17, 15) is 5.11 Å². The van der Waals surface area contributed by atoms with Crippen LogP contribution in [-0.4, -0.2) is 49.7 Å². The summed E-state index contributed by atoms with van der Waals surface area (Å²) in [4.78, 5) is 7.90. The third kappa shape index (κ3) is 3.33. The normalized spacial score (nSPS) is 13.8. The molecule has 0 spiro atoms. The topological polar surface area (TPSA) is 125 Å². The number of oxime groups is 1. The van der Waals surface area contributed by atoms with Crippen LogP contribution in [-0.2, 0) is 0 Å². The van der Waals surface area contributed by atoms with Gasteiger partial charge in [-0.2, -0.15) is 0 Å². The lowest BCUT2D eigenvalue weighted by Crippen LogP contribution is -2.18. The fraction of sp³-hybridized carbons (Fsp3) is 0.375. The minimum atomic E-state index is -0.841. The second-order valence-electron chi connectivity index (χ2n) is 2.84. The van der Waals surface area contributed by atoms with Crippen LogP contribution in [0.5, 0.6) is 0 Å². The molecule has 0 saturated carbocycles. The van der Waals surface area contributed by atoms with Gasteiger partial charge in [-0.3, -0.25) is 0 Å². The molecule has 0 aliphatic heterocycles. The monoisotopic (exact) mass is 244 g/mol. The summed E-state index contributed by atoms with van der Waals surface area (Å²) in [6.45, 7) is -0.327. The van der Waals surface area contributed by atoms with E-state index in [2.05, 4.69) is 15.1 Å². The first-order chi connectivity index (χ1) is 7.69. The number of thioether (sulfide) groups is 1. The van der Waals surface area contributed by atoms with Gasteiger partial charge >= 0.3 is 0 Å². The van der Waals surface area contributed by atoms with Crippen LogP contribution in [0.25, 0.3) is 0 Å². The van der Waals surface area contributed by atoms with Crippen LogP contribution in [0.2, 0.25) is 0 Å². The maximum absolute atomic E-state index is 9.18. The van der Waals surface area contributed by atoms with Crippen LogP contribution in [0.15, 0.2) is 22.6 Å². The van der Waals surface area contributed by atoms with E-state index in [0.29, 0.717) is 5.03 Å². The summed E-state index contributed by atoms with van der Waals surface area (Å²) in [6.07, 6.45) is 2.04. The third-order valence-electron chi connectivity index (χ3n) is 1.64. The molecule has 0 aliphatic carbocycles. The summed E-state index contributed by atoms with van der Waals surface area (Å²) in [5, 5.41) is 29.6. The van der Waals surface area contributed by atoms with Crippen molar-refractivity contribution >= 4 is 17.6 Å². The lowest BCUT2D eigenvalue weighted by atomic mass is 10.4. The molecule has 5 N–H and O–H groups in total. The zero-order valence-electron chi connectivity index (χ0n) is 8.32. The quantitative estimate of drug-likeness (QED) is 0.172. The van der Waals surface area contributed by atoms with E-state index in [1.807, 2.05) is 0 Å². The molecule has 0 amide bonds. The molecule has 1 rings (SSSR count). The van der Waals surface area contributed by atoms with Gasteiger partial charge in [-0.05, 0) is 0 Å². The van der Waals surface area contributed by atoms with Crippen LogP contribution < -0.4 is 5.73 Å². The SMILES string of the molecule is NC(=NO)c1nccnc1SCC(O)CO. The van der Waals surface area contributed by atoms with Crippen LogP contribution in [0.4, 0.5) is 0 Å². The Hall–Kier alpha value is -1.38. The van der Waals surface area contributed by atoms with Crippen molar-refractivity contribution in [1.29, 1.82) is 0 Å². The van der Waals surface area contributed by atoms with Gasteiger partial charge in [0.1, 0.15) is 10.7 Å². The maximum Gasteiger partial charge on any atom is 0.191 e. The summed E-state index contributed by atoms with van der Waals surface area (Å²) in [7, 11) is 0. The average molecular weight is 244 g/mol. The Kier molecular flexibility index (Phi) is 4.96. The van der Waals surface area contributed by atoms with E-state index in [0.717, 1.165) is 0 Å². The molecule has 8 heteroatoms. The number of amidine groups is 1. The van der Waals surface area contributed by atoms with Crippen molar-refractivity contribution in [2.24, 2.45) is 10.9 Å². The first kappa shape index (κ1) is 12.7. The number of aliphatic hydroxyl groups excluding tert-OH is 2. The molecule has 1 heterocycles. The highest BCUT2D eigenvalue weighted by atomic mass is 32.2. The molecule has 0 aliphatic rings. The first-order valence-electron chi connectivity index (χ1n) is 4.39. The molecule has 0 bridgehead atoms. The summed E-state index contributed by atoms with van der Waals surface area (Å²) < 4.78 is 0. The highest BCUT2D eigenvalue weighted by Crippen LogP contribution is 2.18. The first-order valence-corrected chi connectivity index (χ1v) is 5.38. The zero-order chi connectivity index (χ0) is 12.0. The van der Waals surface area contributed by atoms with Gasteiger partial charge in [-0.1, -0.05) is 5.16 Å². The molecule has 1 atom stereocenters. The number of nitrogens with two attached hydrogens (primary N) is 1. The predicted molar refractivity (Wildman–Crippen MR) is 58.4 cm³/mol. The predicted octanol–water partition coefficient (Wildman–Crippen LogP) is -0.984. The van der Waals surface area contributed by atoms with Gasteiger partial charge in [0.25, 0.3) is 0 Å². The van der Waals surface area contributed by atoms with Gasteiger partial charge in [0.2, 0.25) is 0 Å². The fourth-order valence-electron chi connectivity index (χ4n) is 0.882. The van der Waals surface area contributed by atoms with Gasteiger partial charge < -0.3 is 21.2 Å². The molecular weight excluding hydrogens is 232 g/mol. The minimum Gasteiger partial charge on any atom is -0.409 e. The molecule has 0 fully saturated rings. The van der Waals surface area contributed by atoms with Crippen molar-refractivity contribution in [1.82, 2.24) is 9.97 Å². The highest BCUT2D eigenvalue weighted by Gasteiger charge is 2.12. The van der Waals surface area contributed by atoms with E-state index in [1.165, 1.54) is 24.2 Å². The molecule has 1 aromatic heterocycles. The Balaban J connectivity index is 2.79. The Labute approximate surface area is 96.0 Å². The van der Waals surface area contributed by atoms with Gasteiger partial charge in [0, 0.05) is 18.1 Å². The summed E-state index contributed by atoms with van der Waals surface area (Å²) in [5.74, 6) is 0.107. The van der Waals surface area contributed by atoms with E-state index in [-0.39, 0.29) is 23.9 Å². The number of aromatic nitrogens is 2. The largest absolute Gasteiger partial charge is 0.409 e. The second-order valence-corrected chi connectivity index (χ2v) is 3.85. The van der Waals surface area contributed by atoms with Gasteiger partial charge in [-0.25, -0.2) is 9.97 Å². The van der Waals surface area contributed by atoms with Crippen molar-refractivity contribution in [3.05, 3.63) is 18.1 Å². The van der Waals surface area contributed by atoms with Crippen LogP contribution in [0.3, 0.4) is 0 Å². The lowest BCUT2D eigenvalue weighted by Gasteiger charge is -2.08. The molecule has 1 aromatic rings. The lowest BCUT2D eigenvalue weighted by molar-refractivity contribution is 0.113. The highest BCUT2D eigenvalue weighted by molar-refractivity contribution is 7.99. The molecule has 1 unspecified atom stereocenters. The van der Waals surface area contributed by atoms with Gasteiger partial charge in [0.15, 0.2) is 5.84 Å². The molecule has 0 aromatic carbocycles. The molecule has 0 radical (unpaired) electrons. The average Bonchev–Trinajstić information content (AvgIpc) is 2.35. The molecule has 88 valence electrons. The standard InChI is InChI=1S/C8H12N4O3S/c9-7(12-15)6-8(11-2-1-10-6)16-4-5(14)3-13/h1-2,5,13-15H,3-4H2,(H2,9,12).